The second-order valence-corrected chi connectivity index (χ2v) is 5.73. The fraction of sp³-hybridized carbons (Fsp3) is 0.619. The molecule has 1 fully saturated rings. The lowest BCUT2D eigenvalue weighted by atomic mass is 10.2. The Bertz CT molecular complexity index is 464. The van der Waals surface area contributed by atoms with Crippen LogP contribution in [-0.2, 0) is 0 Å². The summed E-state index contributed by atoms with van der Waals surface area (Å²) < 4.78 is 0. The van der Waals surface area contributed by atoms with Crippen molar-refractivity contribution in [1.82, 2.24) is 9.80 Å². The Morgan fingerprint density at radius 1 is 0.609 bits per heavy atom. The Morgan fingerprint density at radius 3 is 1.52 bits per heavy atom. The number of nitrogens with zero attached hydrogens (tertiary/aromatic N) is 2. The molecule has 0 aromatic carbocycles. The van der Waals surface area contributed by atoms with Crippen LogP contribution >= 0.6 is 0 Å². The SMILES string of the molecule is C#CCCCC#CCN1CCCN(CC#CCCCC#C)CC1. The molecule has 0 bridgehead atoms. The molecule has 1 aliphatic rings. The van der Waals surface area contributed by atoms with Crippen molar-refractivity contribution in [1.29, 1.82) is 0 Å². The van der Waals surface area contributed by atoms with Gasteiger partial charge in [-0.15, -0.1) is 36.5 Å². The fourth-order valence-corrected chi connectivity index (χ4v) is 2.41. The van der Waals surface area contributed by atoms with Gasteiger partial charge < -0.3 is 0 Å². The lowest BCUT2D eigenvalue weighted by Gasteiger charge is -2.18. The summed E-state index contributed by atoms with van der Waals surface area (Å²) in [6.07, 6.45) is 17.2. The minimum absolute atomic E-state index is 0.830. The number of terminal acetylenes is 2. The third kappa shape index (κ3) is 10.5. The zero-order valence-corrected chi connectivity index (χ0v) is 14.2. The van der Waals surface area contributed by atoms with E-state index >= 15 is 0 Å². The van der Waals surface area contributed by atoms with E-state index < -0.39 is 0 Å². The molecule has 2 nitrogen and oxygen atoms in total. The highest BCUT2D eigenvalue weighted by Gasteiger charge is 2.12. The molecule has 1 heterocycles. The van der Waals surface area contributed by atoms with Crippen LogP contribution in [0.25, 0.3) is 0 Å². The van der Waals surface area contributed by atoms with Crippen LogP contribution in [0.4, 0.5) is 0 Å². The number of rotatable bonds is 6. The normalized spacial score (nSPS) is 15.2. The Hall–Kier alpha value is -1.84. The summed E-state index contributed by atoms with van der Waals surface area (Å²) in [5.74, 6) is 18.3. The molecular formula is C21H28N2. The van der Waals surface area contributed by atoms with Crippen molar-refractivity contribution in [3.63, 3.8) is 0 Å². The van der Waals surface area contributed by atoms with E-state index in [0.717, 1.165) is 77.8 Å². The van der Waals surface area contributed by atoms with Crippen molar-refractivity contribution in [2.45, 2.75) is 44.9 Å². The van der Waals surface area contributed by atoms with Crippen LogP contribution in [0.2, 0.25) is 0 Å². The average molecular weight is 308 g/mol. The van der Waals surface area contributed by atoms with Gasteiger partial charge in [0.05, 0.1) is 13.1 Å². The molecule has 0 aliphatic carbocycles. The Balaban J connectivity index is 2.18. The topological polar surface area (TPSA) is 6.48 Å². The first kappa shape index (κ1) is 19.2. The smallest absolute Gasteiger partial charge is 0.0602 e. The first-order valence-electron chi connectivity index (χ1n) is 8.60. The lowest BCUT2D eigenvalue weighted by molar-refractivity contribution is 0.291. The van der Waals surface area contributed by atoms with Crippen LogP contribution in [0.15, 0.2) is 0 Å². The van der Waals surface area contributed by atoms with E-state index in [1.54, 1.807) is 0 Å². The van der Waals surface area contributed by atoms with Gasteiger partial charge in [-0.2, -0.15) is 0 Å². The predicted octanol–water partition coefficient (Wildman–Crippen LogP) is 2.61. The highest BCUT2D eigenvalue weighted by molar-refractivity contribution is 5.03. The Labute approximate surface area is 143 Å². The van der Waals surface area contributed by atoms with E-state index in [-0.39, 0.29) is 0 Å². The van der Waals surface area contributed by atoms with Crippen LogP contribution in [-0.4, -0.2) is 49.1 Å². The van der Waals surface area contributed by atoms with Gasteiger partial charge >= 0.3 is 0 Å². The molecule has 0 aromatic heterocycles. The summed E-state index contributed by atoms with van der Waals surface area (Å²) in [7, 11) is 0. The minimum Gasteiger partial charge on any atom is -0.291 e. The van der Waals surface area contributed by atoms with Gasteiger partial charge in [-0.3, -0.25) is 9.80 Å². The van der Waals surface area contributed by atoms with Crippen LogP contribution in [0.3, 0.4) is 0 Å². The predicted molar refractivity (Wildman–Crippen MR) is 98.4 cm³/mol. The van der Waals surface area contributed by atoms with E-state index in [1.165, 1.54) is 6.42 Å². The van der Waals surface area contributed by atoms with E-state index in [9.17, 15) is 0 Å². The van der Waals surface area contributed by atoms with Gasteiger partial charge in [0.15, 0.2) is 0 Å². The second kappa shape index (κ2) is 13.8. The van der Waals surface area contributed by atoms with Crippen molar-refractivity contribution in [2.75, 3.05) is 39.3 Å². The third-order valence-corrected chi connectivity index (χ3v) is 3.78. The van der Waals surface area contributed by atoms with Crippen LogP contribution in [0.5, 0.6) is 0 Å². The van der Waals surface area contributed by atoms with Crippen LogP contribution in [0, 0.1) is 48.4 Å². The maximum absolute atomic E-state index is 5.23. The molecule has 1 rings (SSSR count). The molecule has 0 spiro atoms. The highest BCUT2D eigenvalue weighted by Crippen LogP contribution is 2.02. The number of unbranched alkanes of at least 4 members (excludes halogenated alkanes) is 4. The fourth-order valence-electron chi connectivity index (χ4n) is 2.41. The summed E-state index contributed by atoms with van der Waals surface area (Å²) in [6.45, 7) is 6.18. The second-order valence-electron chi connectivity index (χ2n) is 5.73. The summed E-state index contributed by atoms with van der Waals surface area (Å²) in [6, 6.07) is 0. The largest absolute Gasteiger partial charge is 0.291 e. The van der Waals surface area contributed by atoms with Gasteiger partial charge in [0.25, 0.3) is 0 Å². The Morgan fingerprint density at radius 2 is 1.09 bits per heavy atom. The quantitative estimate of drug-likeness (QED) is 0.550. The summed E-state index contributed by atoms with van der Waals surface area (Å²) in [5.41, 5.74) is 0. The molecule has 122 valence electrons. The first-order valence-corrected chi connectivity index (χ1v) is 8.60. The summed E-state index contributed by atoms with van der Waals surface area (Å²) >= 11 is 0. The van der Waals surface area contributed by atoms with Gasteiger partial charge in [-0.05, 0) is 19.3 Å². The molecule has 0 aromatic rings. The van der Waals surface area contributed by atoms with Crippen molar-refractivity contribution >= 4 is 0 Å². The molecule has 0 atom stereocenters. The molecule has 1 aliphatic heterocycles. The molecule has 0 saturated carbocycles. The molecule has 2 heteroatoms. The van der Waals surface area contributed by atoms with Crippen LogP contribution in [0.1, 0.15) is 44.9 Å². The van der Waals surface area contributed by atoms with Crippen molar-refractivity contribution in [3.05, 3.63) is 0 Å². The van der Waals surface area contributed by atoms with Gasteiger partial charge in [0.2, 0.25) is 0 Å². The number of hydrogen-bond acceptors (Lipinski definition) is 2. The van der Waals surface area contributed by atoms with E-state index in [2.05, 4.69) is 45.3 Å². The first-order chi connectivity index (χ1) is 11.4. The zero-order chi connectivity index (χ0) is 16.6. The highest BCUT2D eigenvalue weighted by atomic mass is 15.2. The molecule has 0 unspecified atom stereocenters. The average Bonchev–Trinajstić information content (AvgIpc) is 2.79. The molecular weight excluding hydrogens is 280 g/mol. The lowest BCUT2D eigenvalue weighted by Crippen LogP contribution is -2.31. The maximum atomic E-state index is 5.23. The monoisotopic (exact) mass is 308 g/mol. The Kier molecular flexibility index (Phi) is 11.5. The van der Waals surface area contributed by atoms with Crippen molar-refractivity contribution < 1.29 is 0 Å². The van der Waals surface area contributed by atoms with E-state index in [1.807, 2.05) is 0 Å². The summed E-state index contributed by atoms with van der Waals surface area (Å²) in [4.78, 5) is 4.88. The standard InChI is InChI=1S/C21H28N2/c1-3-5-7-9-11-13-16-22-18-15-19-23(21-20-22)17-14-12-10-8-6-4-2/h1-2H,5-10,15-21H2. The number of hydrogen-bond donors (Lipinski definition) is 0. The minimum atomic E-state index is 0.830. The summed E-state index contributed by atoms with van der Waals surface area (Å²) in [5, 5.41) is 0. The van der Waals surface area contributed by atoms with E-state index in [4.69, 9.17) is 12.8 Å². The van der Waals surface area contributed by atoms with Gasteiger partial charge in [-0.25, -0.2) is 0 Å². The van der Waals surface area contributed by atoms with Crippen LogP contribution < -0.4 is 0 Å². The van der Waals surface area contributed by atoms with Gasteiger partial charge in [0, 0.05) is 51.9 Å². The van der Waals surface area contributed by atoms with Gasteiger partial charge in [-0.1, -0.05) is 11.8 Å². The van der Waals surface area contributed by atoms with Gasteiger partial charge in [0.1, 0.15) is 0 Å². The molecule has 0 amide bonds. The third-order valence-electron chi connectivity index (χ3n) is 3.78. The molecule has 1 saturated heterocycles. The maximum Gasteiger partial charge on any atom is 0.0602 e. The molecule has 0 radical (unpaired) electrons. The van der Waals surface area contributed by atoms with Crippen molar-refractivity contribution in [3.8, 4) is 48.4 Å². The molecule has 23 heavy (non-hydrogen) atoms. The van der Waals surface area contributed by atoms with E-state index in [0.29, 0.717) is 0 Å². The van der Waals surface area contributed by atoms with Crippen molar-refractivity contribution in [2.24, 2.45) is 0 Å². The molecule has 0 N–H and O–H groups in total. The zero-order valence-electron chi connectivity index (χ0n) is 14.2.